The third-order valence-electron chi connectivity index (χ3n) is 1.56. The Labute approximate surface area is 119 Å². The Kier molecular flexibility index (Phi) is 15.1. The molecule has 0 bridgehead atoms. The molecule has 3 N–H and O–H groups in total. The molecule has 6 heteroatoms. The van der Waals surface area contributed by atoms with Gasteiger partial charge in [-0.25, -0.2) is 0 Å². The van der Waals surface area contributed by atoms with E-state index in [9.17, 15) is 0 Å². The number of ether oxygens (including phenoxy) is 1. The number of hydrogen-bond acceptors (Lipinski definition) is 3. The maximum absolute atomic E-state index is 5.67. The highest BCUT2D eigenvalue weighted by Gasteiger charge is 2.00. The summed E-state index contributed by atoms with van der Waals surface area (Å²) in [5.74, 6) is 2.41. The first-order valence-electron chi connectivity index (χ1n) is 4.94. The molecule has 0 aliphatic carbocycles. The van der Waals surface area contributed by atoms with Gasteiger partial charge in [-0.15, -0.1) is 30.6 Å². The minimum atomic E-state index is 0. The molecular weight excluding hydrogens is 337 g/mol. The number of halogens is 1. The zero-order chi connectivity index (χ0) is 11.5. The number of nitrogens with one attached hydrogen (secondary N) is 1. The number of rotatable bonds is 8. The standard InChI is InChI=1S/C10H21N3OS.HI/c1-4-6-15-7-5-12-10(11)13-9(2)8-14-3;/h4,9H,1,5-8H2,2-3H3,(H3,11,12,13);1H. The minimum Gasteiger partial charge on any atom is -0.383 e. The molecule has 96 valence electrons. The summed E-state index contributed by atoms with van der Waals surface area (Å²) in [6.07, 6.45) is 1.89. The number of methoxy groups -OCH3 is 1. The molecule has 0 aliphatic rings. The third-order valence-corrected chi connectivity index (χ3v) is 2.51. The van der Waals surface area contributed by atoms with Gasteiger partial charge in [0.05, 0.1) is 13.2 Å². The Morgan fingerprint density at radius 1 is 1.69 bits per heavy atom. The molecular formula is C10H22IN3OS. The number of guanidine groups is 1. The monoisotopic (exact) mass is 359 g/mol. The Bertz CT molecular complexity index is 203. The van der Waals surface area contributed by atoms with Crippen molar-refractivity contribution in [3.05, 3.63) is 12.7 Å². The van der Waals surface area contributed by atoms with Crippen LogP contribution in [0.4, 0.5) is 0 Å². The number of thioether (sulfide) groups is 1. The first-order valence-corrected chi connectivity index (χ1v) is 6.10. The fourth-order valence-electron chi connectivity index (χ4n) is 0.987. The molecule has 1 atom stereocenters. The van der Waals surface area contributed by atoms with Crippen LogP contribution in [0, 0.1) is 0 Å². The second-order valence-electron chi connectivity index (χ2n) is 3.13. The molecule has 0 radical (unpaired) electrons. The van der Waals surface area contributed by atoms with Crippen molar-refractivity contribution in [2.45, 2.75) is 13.0 Å². The lowest BCUT2D eigenvalue weighted by Crippen LogP contribution is -2.40. The van der Waals surface area contributed by atoms with Crippen molar-refractivity contribution in [2.75, 3.05) is 31.8 Å². The van der Waals surface area contributed by atoms with Crippen LogP contribution in [-0.2, 0) is 4.74 Å². The van der Waals surface area contributed by atoms with E-state index in [-0.39, 0.29) is 30.0 Å². The Balaban J connectivity index is 0. The molecule has 0 aromatic rings. The highest BCUT2D eigenvalue weighted by molar-refractivity contribution is 14.0. The highest BCUT2D eigenvalue weighted by atomic mass is 127. The lowest BCUT2D eigenvalue weighted by molar-refractivity contribution is 0.179. The number of hydrogen-bond donors (Lipinski definition) is 2. The predicted molar refractivity (Wildman–Crippen MR) is 83.9 cm³/mol. The molecule has 0 aliphatic heterocycles. The van der Waals surface area contributed by atoms with Gasteiger partial charge in [0.25, 0.3) is 0 Å². The summed E-state index contributed by atoms with van der Waals surface area (Å²) < 4.78 is 4.97. The van der Waals surface area contributed by atoms with Crippen LogP contribution in [0.1, 0.15) is 6.92 Å². The number of nitrogens with two attached hydrogens (primary N) is 1. The topological polar surface area (TPSA) is 59.6 Å². The van der Waals surface area contributed by atoms with Crippen molar-refractivity contribution in [3.63, 3.8) is 0 Å². The Morgan fingerprint density at radius 2 is 2.38 bits per heavy atom. The van der Waals surface area contributed by atoms with Crippen LogP contribution in [0.25, 0.3) is 0 Å². The van der Waals surface area contributed by atoms with E-state index in [1.165, 1.54) is 0 Å². The lowest BCUT2D eigenvalue weighted by Gasteiger charge is -2.12. The molecule has 0 saturated heterocycles. The molecule has 0 aromatic carbocycles. The zero-order valence-electron chi connectivity index (χ0n) is 9.94. The first-order chi connectivity index (χ1) is 7.20. The van der Waals surface area contributed by atoms with Gasteiger partial charge >= 0.3 is 0 Å². The van der Waals surface area contributed by atoms with Crippen molar-refractivity contribution in [3.8, 4) is 0 Å². The molecule has 4 nitrogen and oxygen atoms in total. The van der Waals surface area contributed by atoms with E-state index in [0.717, 1.165) is 18.1 Å². The van der Waals surface area contributed by atoms with Crippen LogP contribution in [0.5, 0.6) is 0 Å². The van der Waals surface area contributed by atoms with E-state index in [0.29, 0.717) is 12.6 Å². The molecule has 0 rings (SSSR count). The maximum atomic E-state index is 5.67. The van der Waals surface area contributed by atoms with E-state index in [2.05, 4.69) is 16.9 Å². The summed E-state index contributed by atoms with van der Waals surface area (Å²) in [6.45, 7) is 7.00. The van der Waals surface area contributed by atoms with Gasteiger partial charge in [0.2, 0.25) is 0 Å². The first kappa shape index (κ1) is 18.4. The summed E-state index contributed by atoms with van der Waals surface area (Å²) in [5, 5.41) is 3.05. The molecule has 0 saturated carbocycles. The van der Waals surface area contributed by atoms with Crippen molar-refractivity contribution >= 4 is 41.7 Å². The van der Waals surface area contributed by atoms with Gasteiger partial charge in [-0.2, -0.15) is 11.8 Å². The van der Waals surface area contributed by atoms with Gasteiger partial charge in [-0.1, -0.05) is 6.08 Å². The van der Waals surface area contributed by atoms with Gasteiger partial charge in [0.15, 0.2) is 5.96 Å². The highest BCUT2D eigenvalue weighted by Crippen LogP contribution is 1.98. The van der Waals surface area contributed by atoms with E-state index < -0.39 is 0 Å². The predicted octanol–water partition coefficient (Wildman–Crippen LogP) is 1.46. The summed E-state index contributed by atoms with van der Waals surface area (Å²) in [7, 11) is 1.66. The average molecular weight is 359 g/mol. The molecule has 0 fully saturated rings. The molecule has 0 spiro atoms. The van der Waals surface area contributed by atoms with Crippen LogP contribution >= 0.6 is 35.7 Å². The normalized spacial score (nSPS) is 12.8. The van der Waals surface area contributed by atoms with Crippen molar-refractivity contribution < 1.29 is 4.74 Å². The van der Waals surface area contributed by atoms with E-state index in [4.69, 9.17) is 10.5 Å². The second-order valence-corrected chi connectivity index (χ2v) is 4.28. The van der Waals surface area contributed by atoms with Gasteiger partial charge in [-0.05, 0) is 6.92 Å². The van der Waals surface area contributed by atoms with E-state index in [1.807, 2.05) is 13.0 Å². The van der Waals surface area contributed by atoms with Crippen LogP contribution in [0.3, 0.4) is 0 Å². The fourth-order valence-corrected chi connectivity index (χ4v) is 1.54. The lowest BCUT2D eigenvalue weighted by atomic mass is 10.4. The van der Waals surface area contributed by atoms with Gasteiger partial charge in [0.1, 0.15) is 0 Å². The van der Waals surface area contributed by atoms with Gasteiger partial charge in [-0.3, -0.25) is 4.99 Å². The summed E-state index contributed by atoms with van der Waals surface area (Å²) in [5.41, 5.74) is 5.67. The largest absolute Gasteiger partial charge is 0.383 e. The molecule has 1 unspecified atom stereocenters. The third kappa shape index (κ3) is 12.1. The van der Waals surface area contributed by atoms with Crippen LogP contribution < -0.4 is 11.1 Å². The second kappa shape index (κ2) is 13.1. The van der Waals surface area contributed by atoms with Crippen LogP contribution in [0.2, 0.25) is 0 Å². The molecule has 0 amide bonds. The quantitative estimate of drug-likeness (QED) is 0.227. The summed E-state index contributed by atoms with van der Waals surface area (Å²) in [6, 6.07) is 0.194. The van der Waals surface area contributed by atoms with Gasteiger partial charge < -0.3 is 15.8 Å². The summed E-state index contributed by atoms with van der Waals surface area (Å²) in [4.78, 5) is 4.19. The number of nitrogens with zero attached hydrogens (tertiary/aromatic N) is 1. The Morgan fingerprint density at radius 3 is 2.94 bits per heavy atom. The molecule has 0 aromatic heterocycles. The van der Waals surface area contributed by atoms with Crippen molar-refractivity contribution in [1.29, 1.82) is 0 Å². The van der Waals surface area contributed by atoms with Crippen molar-refractivity contribution in [1.82, 2.24) is 5.32 Å². The van der Waals surface area contributed by atoms with Gasteiger partial charge in [0, 0.05) is 24.7 Å². The number of aliphatic imine (C=N–C) groups is 1. The smallest absolute Gasteiger partial charge is 0.188 e. The maximum Gasteiger partial charge on any atom is 0.188 e. The van der Waals surface area contributed by atoms with Crippen LogP contribution in [-0.4, -0.2) is 43.8 Å². The average Bonchev–Trinajstić information content (AvgIpc) is 2.17. The van der Waals surface area contributed by atoms with Crippen LogP contribution in [0.15, 0.2) is 17.6 Å². The SMILES string of the molecule is C=CCSCCN=C(N)NC(C)COC.I. The van der Waals surface area contributed by atoms with Crippen molar-refractivity contribution in [2.24, 2.45) is 10.7 Å². The van der Waals surface area contributed by atoms with E-state index >= 15 is 0 Å². The minimum absolute atomic E-state index is 0. The van der Waals surface area contributed by atoms with E-state index in [1.54, 1.807) is 18.9 Å². The Hall–Kier alpha value is 0.0500. The summed E-state index contributed by atoms with van der Waals surface area (Å²) >= 11 is 1.79. The zero-order valence-corrected chi connectivity index (χ0v) is 13.1. The molecule has 16 heavy (non-hydrogen) atoms. The fraction of sp³-hybridized carbons (Fsp3) is 0.700. The molecule has 0 heterocycles.